The Morgan fingerprint density at radius 3 is 2.94 bits per heavy atom. The first kappa shape index (κ1) is 13.3. The molecule has 0 amide bonds. The summed E-state index contributed by atoms with van der Waals surface area (Å²) < 4.78 is 31.6. The van der Waals surface area contributed by atoms with Gasteiger partial charge in [0.2, 0.25) is 10.0 Å². The highest BCUT2D eigenvalue weighted by molar-refractivity contribution is 7.89. The molecule has 1 unspecified atom stereocenters. The Kier molecular flexibility index (Phi) is 3.84. The minimum Gasteiger partial charge on any atom is -0.380 e. The maximum atomic E-state index is 12.5. The molecule has 0 radical (unpaired) electrons. The molecule has 0 saturated carbocycles. The number of sulfonamides is 1. The lowest BCUT2D eigenvalue weighted by Crippen LogP contribution is -2.30. The fourth-order valence-electron chi connectivity index (χ4n) is 2.03. The van der Waals surface area contributed by atoms with Crippen LogP contribution in [0.15, 0.2) is 23.2 Å². The second kappa shape index (κ2) is 5.21. The number of rotatable bonds is 4. The normalized spacial score (nSPS) is 21.1. The molecule has 1 saturated heterocycles. The van der Waals surface area contributed by atoms with E-state index >= 15 is 0 Å². The van der Waals surface area contributed by atoms with Crippen LogP contribution in [0, 0.1) is 0 Å². The summed E-state index contributed by atoms with van der Waals surface area (Å²) in [5.41, 5.74) is 0. The van der Waals surface area contributed by atoms with Gasteiger partial charge in [0.15, 0.2) is 0 Å². The van der Waals surface area contributed by atoms with E-state index in [1.807, 2.05) is 0 Å². The van der Waals surface area contributed by atoms with Crippen LogP contribution in [0.4, 0.5) is 5.82 Å². The quantitative estimate of drug-likeness (QED) is 0.865. The van der Waals surface area contributed by atoms with Gasteiger partial charge in [-0.15, -0.1) is 0 Å². The SMILES string of the molecule is CNc1ncccc1S(=O)(=O)N1CCC(OC)C1. The van der Waals surface area contributed by atoms with Crippen LogP contribution < -0.4 is 5.32 Å². The van der Waals surface area contributed by atoms with Gasteiger partial charge in [-0.1, -0.05) is 0 Å². The first-order chi connectivity index (χ1) is 8.59. The van der Waals surface area contributed by atoms with Gasteiger partial charge in [-0.2, -0.15) is 4.31 Å². The zero-order valence-electron chi connectivity index (χ0n) is 10.5. The molecule has 18 heavy (non-hydrogen) atoms. The Bertz CT molecular complexity index is 518. The lowest BCUT2D eigenvalue weighted by molar-refractivity contribution is 0.115. The standard InChI is InChI=1S/C11H17N3O3S/c1-12-11-10(4-3-6-13-11)18(15,16)14-7-5-9(8-14)17-2/h3-4,6,9H,5,7-8H2,1-2H3,(H,12,13). The summed E-state index contributed by atoms with van der Waals surface area (Å²) in [5, 5.41) is 2.80. The third kappa shape index (κ3) is 2.33. The van der Waals surface area contributed by atoms with E-state index in [1.54, 1.807) is 32.5 Å². The maximum Gasteiger partial charge on any atom is 0.246 e. The van der Waals surface area contributed by atoms with E-state index in [-0.39, 0.29) is 11.0 Å². The molecule has 1 N–H and O–H groups in total. The van der Waals surface area contributed by atoms with E-state index in [4.69, 9.17) is 4.74 Å². The maximum absolute atomic E-state index is 12.5. The van der Waals surface area contributed by atoms with Crippen molar-refractivity contribution in [3.8, 4) is 0 Å². The first-order valence-corrected chi connectivity index (χ1v) is 7.19. The Labute approximate surface area is 107 Å². The topological polar surface area (TPSA) is 71.5 Å². The van der Waals surface area contributed by atoms with Gasteiger partial charge in [-0.05, 0) is 18.6 Å². The van der Waals surface area contributed by atoms with Gasteiger partial charge in [-0.3, -0.25) is 0 Å². The van der Waals surface area contributed by atoms with Crippen LogP contribution in [0.1, 0.15) is 6.42 Å². The largest absolute Gasteiger partial charge is 0.380 e. The molecule has 1 atom stereocenters. The molecule has 100 valence electrons. The van der Waals surface area contributed by atoms with E-state index in [1.165, 1.54) is 4.31 Å². The smallest absolute Gasteiger partial charge is 0.246 e. The summed E-state index contributed by atoms with van der Waals surface area (Å²) >= 11 is 0. The number of methoxy groups -OCH3 is 1. The number of hydrogen-bond acceptors (Lipinski definition) is 5. The highest BCUT2D eigenvalue weighted by Crippen LogP contribution is 2.25. The summed E-state index contributed by atoms with van der Waals surface area (Å²) in [7, 11) is -0.239. The van der Waals surface area contributed by atoms with E-state index < -0.39 is 10.0 Å². The average Bonchev–Trinajstić information content (AvgIpc) is 2.88. The molecule has 1 aromatic heterocycles. The van der Waals surface area contributed by atoms with Crippen LogP contribution in [0.5, 0.6) is 0 Å². The molecular formula is C11H17N3O3S. The molecule has 2 rings (SSSR count). The Morgan fingerprint density at radius 1 is 1.56 bits per heavy atom. The molecule has 1 aliphatic rings. The number of ether oxygens (including phenoxy) is 1. The zero-order chi connectivity index (χ0) is 13.2. The summed E-state index contributed by atoms with van der Waals surface area (Å²) in [6.45, 7) is 0.885. The average molecular weight is 271 g/mol. The predicted octanol–water partition coefficient (Wildman–Crippen LogP) is 0.533. The summed E-state index contributed by atoms with van der Waals surface area (Å²) in [5.74, 6) is 0.373. The zero-order valence-corrected chi connectivity index (χ0v) is 11.3. The predicted molar refractivity (Wildman–Crippen MR) is 68.0 cm³/mol. The first-order valence-electron chi connectivity index (χ1n) is 5.75. The minimum absolute atomic E-state index is 0.0190. The summed E-state index contributed by atoms with van der Waals surface area (Å²) in [6.07, 6.45) is 2.27. The van der Waals surface area contributed by atoms with Gasteiger partial charge in [0.25, 0.3) is 0 Å². The Hall–Kier alpha value is -1.18. The number of hydrogen-bond donors (Lipinski definition) is 1. The van der Waals surface area contributed by atoms with Crippen LogP contribution in [0.25, 0.3) is 0 Å². The second-order valence-corrected chi connectivity index (χ2v) is 6.02. The number of nitrogens with one attached hydrogen (secondary N) is 1. The number of pyridine rings is 1. The van der Waals surface area contributed by atoms with Crippen LogP contribution >= 0.6 is 0 Å². The highest BCUT2D eigenvalue weighted by Gasteiger charge is 2.34. The molecule has 1 fully saturated rings. The minimum atomic E-state index is -3.50. The second-order valence-electron chi connectivity index (χ2n) is 4.11. The van der Waals surface area contributed by atoms with Crippen molar-refractivity contribution in [1.29, 1.82) is 0 Å². The molecule has 0 bridgehead atoms. The molecule has 7 heteroatoms. The van der Waals surface area contributed by atoms with Gasteiger partial charge >= 0.3 is 0 Å². The van der Waals surface area contributed by atoms with Gasteiger partial charge in [0.05, 0.1) is 6.10 Å². The van der Waals surface area contributed by atoms with Gasteiger partial charge in [0, 0.05) is 33.4 Å². The van der Waals surface area contributed by atoms with Gasteiger partial charge in [0.1, 0.15) is 10.7 Å². The van der Waals surface area contributed by atoms with Crippen molar-refractivity contribution in [1.82, 2.24) is 9.29 Å². The summed E-state index contributed by atoms with van der Waals surface area (Å²) in [4.78, 5) is 4.24. The molecule has 0 aliphatic carbocycles. The molecule has 2 heterocycles. The fourth-order valence-corrected chi connectivity index (χ4v) is 3.67. The van der Waals surface area contributed by atoms with Crippen molar-refractivity contribution in [2.45, 2.75) is 17.4 Å². The Morgan fingerprint density at radius 2 is 2.33 bits per heavy atom. The molecule has 1 aliphatic heterocycles. The van der Waals surface area contributed by atoms with Crippen molar-refractivity contribution in [2.75, 3.05) is 32.6 Å². The highest BCUT2D eigenvalue weighted by atomic mass is 32.2. The molecule has 0 spiro atoms. The van der Waals surface area contributed by atoms with E-state index in [0.29, 0.717) is 18.9 Å². The fraction of sp³-hybridized carbons (Fsp3) is 0.545. The third-order valence-electron chi connectivity index (χ3n) is 3.07. The lowest BCUT2D eigenvalue weighted by atomic mass is 10.3. The monoisotopic (exact) mass is 271 g/mol. The lowest BCUT2D eigenvalue weighted by Gasteiger charge is -2.17. The van der Waals surface area contributed by atoms with Crippen LogP contribution in [-0.4, -0.2) is 51.1 Å². The van der Waals surface area contributed by atoms with E-state index in [0.717, 1.165) is 6.42 Å². The molecule has 1 aromatic rings. The van der Waals surface area contributed by atoms with Crippen molar-refractivity contribution >= 4 is 15.8 Å². The van der Waals surface area contributed by atoms with Crippen LogP contribution in [-0.2, 0) is 14.8 Å². The Balaban J connectivity index is 2.31. The number of aromatic nitrogens is 1. The van der Waals surface area contributed by atoms with Crippen molar-refractivity contribution in [3.05, 3.63) is 18.3 Å². The molecule has 6 nitrogen and oxygen atoms in total. The van der Waals surface area contributed by atoms with E-state index in [9.17, 15) is 8.42 Å². The molecule has 0 aromatic carbocycles. The van der Waals surface area contributed by atoms with Crippen molar-refractivity contribution < 1.29 is 13.2 Å². The summed E-state index contributed by atoms with van der Waals surface area (Å²) in [6, 6.07) is 3.19. The number of anilines is 1. The van der Waals surface area contributed by atoms with E-state index in [2.05, 4.69) is 10.3 Å². The van der Waals surface area contributed by atoms with Crippen molar-refractivity contribution in [3.63, 3.8) is 0 Å². The van der Waals surface area contributed by atoms with Gasteiger partial charge in [-0.25, -0.2) is 13.4 Å². The number of nitrogens with zero attached hydrogens (tertiary/aromatic N) is 2. The third-order valence-corrected chi connectivity index (χ3v) is 4.96. The molecular weight excluding hydrogens is 254 g/mol. The van der Waals surface area contributed by atoms with Crippen LogP contribution in [0.2, 0.25) is 0 Å². The van der Waals surface area contributed by atoms with Gasteiger partial charge < -0.3 is 10.1 Å². The van der Waals surface area contributed by atoms with Crippen LogP contribution in [0.3, 0.4) is 0 Å². The van der Waals surface area contributed by atoms with Crippen molar-refractivity contribution in [2.24, 2.45) is 0 Å².